The van der Waals surface area contributed by atoms with Gasteiger partial charge in [-0.1, -0.05) is 43.1 Å². The van der Waals surface area contributed by atoms with Crippen molar-refractivity contribution in [3.63, 3.8) is 0 Å². The van der Waals surface area contributed by atoms with Gasteiger partial charge in [-0.25, -0.2) is 0 Å². The van der Waals surface area contributed by atoms with E-state index in [4.69, 9.17) is 15.0 Å². The summed E-state index contributed by atoms with van der Waals surface area (Å²) in [5, 5.41) is 3.28. The highest BCUT2D eigenvalue weighted by atomic mass is 16.5. The van der Waals surface area contributed by atoms with Gasteiger partial charge in [-0.15, -0.1) is 0 Å². The van der Waals surface area contributed by atoms with Crippen molar-refractivity contribution in [2.75, 3.05) is 13.2 Å². The van der Waals surface area contributed by atoms with Crippen LogP contribution in [0.15, 0.2) is 28.9 Å². The number of rotatable bonds is 6. The Bertz CT molecular complexity index is 874. The second-order valence-corrected chi connectivity index (χ2v) is 8.59. The average Bonchev–Trinajstić information content (AvgIpc) is 2.68. The van der Waals surface area contributed by atoms with Gasteiger partial charge in [0.1, 0.15) is 12.6 Å². The molecule has 0 amide bonds. The summed E-state index contributed by atoms with van der Waals surface area (Å²) in [6, 6.07) is 0. The molecule has 1 saturated heterocycles. The van der Waals surface area contributed by atoms with Gasteiger partial charge in [0.05, 0.1) is 17.4 Å². The van der Waals surface area contributed by atoms with E-state index < -0.39 is 29.4 Å². The van der Waals surface area contributed by atoms with Crippen LogP contribution in [-0.2, 0) is 23.9 Å². The number of hydrogen-bond acceptors (Lipinski definition) is 6. The van der Waals surface area contributed by atoms with Crippen LogP contribution in [-0.4, -0.2) is 37.0 Å². The molecule has 0 aromatic heterocycles. The van der Waals surface area contributed by atoms with Gasteiger partial charge in [0, 0.05) is 16.4 Å². The summed E-state index contributed by atoms with van der Waals surface area (Å²) in [5.74, 6) is -1.35. The molecule has 8 nitrogen and oxygen atoms in total. The number of unbranched alkanes of at least 4 members (excludes halogenated alkanes) is 1. The molecule has 29 heavy (non-hydrogen) atoms. The van der Waals surface area contributed by atoms with Gasteiger partial charge >= 0.3 is 11.9 Å². The van der Waals surface area contributed by atoms with Gasteiger partial charge in [0.15, 0.2) is 5.78 Å². The van der Waals surface area contributed by atoms with Crippen LogP contribution in [0.3, 0.4) is 0 Å². The molecule has 3 fully saturated rings. The minimum atomic E-state index is -0.964. The molecule has 1 unspecified atom stereocenters. The van der Waals surface area contributed by atoms with E-state index in [1.807, 2.05) is 6.08 Å². The van der Waals surface area contributed by atoms with E-state index in [0.717, 1.165) is 18.4 Å². The minimum absolute atomic E-state index is 0.0199. The largest absolute Gasteiger partial charge is 0.465 e. The van der Waals surface area contributed by atoms with Crippen molar-refractivity contribution in [2.24, 2.45) is 27.8 Å². The summed E-state index contributed by atoms with van der Waals surface area (Å²) >= 11 is 0. The Hall–Kier alpha value is -2.60. The molecule has 0 radical (unpaired) electrons. The summed E-state index contributed by atoms with van der Waals surface area (Å²) in [6.45, 7) is 5.89. The number of carbonyl (C=O) groups is 3. The fraction of sp³-hybridized carbons (Fsp3) is 0.667. The van der Waals surface area contributed by atoms with Crippen molar-refractivity contribution >= 4 is 17.7 Å². The molecule has 5 aliphatic rings. The summed E-state index contributed by atoms with van der Waals surface area (Å²) in [5.41, 5.74) is 8.19. The number of Topliss-reactive ketones (excluding diaryl/α,β-unsaturated/α-hetero) is 1. The first kappa shape index (κ1) is 19.7. The quantitative estimate of drug-likeness (QED) is 0.223. The fourth-order valence-corrected chi connectivity index (χ4v) is 6.27. The van der Waals surface area contributed by atoms with Gasteiger partial charge in [-0.2, -0.15) is 0 Å². The highest BCUT2D eigenvalue weighted by molar-refractivity contribution is 6.07. The summed E-state index contributed by atoms with van der Waals surface area (Å²) < 4.78 is 11.2. The Balaban J connectivity index is 1.78. The van der Waals surface area contributed by atoms with Gasteiger partial charge in [-0.3, -0.25) is 14.4 Å². The number of azide groups is 1. The van der Waals surface area contributed by atoms with Crippen molar-refractivity contribution in [3.05, 3.63) is 34.2 Å². The minimum Gasteiger partial charge on any atom is -0.465 e. The van der Waals surface area contributed by atoms with Crippen LogP contribution in [0.1, 0.15) is 45.4 Å². The second kappa shape index (κ2) is 7.02. The zero-order valence-corrected chi connectivity index (χ0v) is 16.6. The highest BCUT2D eigenvalue weighted by Gasteiger charge is 2.76. The van der Waals surface area contributed by atoms with E-state index in [1.54, 1.807) is 0 Å². The summed E-state index contributed by atoms with van der Waals surface area (Å²) in [7, 11) is 0. The third kappa shape index (κ3) is 2.58. The lowest BCUT2D eigenvalue weighted by Crippen LogP contribution is -2.72. The molecular formula is C21H25N3O5. The maximum Gasteiger partial charge on any atom is 0.313 e. The average molecular weight is 399 g/mol. The van der Waals surface area contributed by atoms with E-state index in [0.29, 0.717) is 37.9 Å². The maximum atomic E-state index is 13.4. The topological polar surface area (TPSA) is 118 Å². The number of cyclic esters (lactones) is 1. The van der Waals surface area contributed by atoms with Crippen molar-refractivity contribution in [1.29, 1.82) is 0 Å². The summed E-state index contributed by atoms with van der Waals surface area (Å²) in [6.07, 6.45) is 5.22. The molecule has 0 N–H and O–H groups in total. The number of allylic oxidation sites excluding steroid dienone is 3. The molecule has 1 aliphatic heterocycles. The Kier molecular flexibility index (Phi) is 4.77. The van der Waals surface area contributed by atoms with Crippen LogP contribution in [0.5, 0.6) is 0 Å². The molecular weight excluding hydrogens is 374 g/mol. The van der Waals surface area contributed by atoms with Crippen LogP contribution in [0.25, 0.3) is 10.4 Å². The van der Waals surface area contributed by atoms with E-state index in [2.05, 4.69) is 23.5 Å². The van der Waals surface area contributed by atoms with Gasteiger partial charge in [0.25, 0.3) is 0 Å². The highest BCUT2D eigenvalue weighted by Crippen LogP contribution is 2.72. The third-order valence-electron chi connectivity index (χ3n) is 7.33. The number of ether oxygens (including phenoxy) is 2. The number of carbonyl (C=O) groups excluding carboxylic acids is 3. The van der Waals surface area contributed by atoms with Crippen LogP contribution < -0.4 is 0 Å². The summed E-state index contributed by atoms with van der Waals surface area (Å²) in [4.78, 5) is 41.4. The zero-order valence-electron chi connectivity index (χ0n) is 16.6. The molecule has 0 aromatic rings. The first-order valence-corrected chi connectivity index (χ1v) is 10.2. The Morgan fingerprint density at radius 2 is 2.28 bits per heavy atom. The van der Waals surface area contributed by atoms with Crippen LogP contribution in [0, 0.1) is 22.7 Å². The van der Waals surface area contributed by atoms with Crippen LogP contribution in [0.2, 0.25) is 0 Å². The molecule has 1 heterocycles. The first-order valence-electron chi connectivity index (χ1n) is 10.2. The van der Waals surface area contributed by atoms with Gasteiger partial charge in [-0.05, 0) is 37.1 Å². The lowest BCUT2D eigenvalue weighted by atomic mass is 9.35. The molecule has 5 atom stereocenters. The van der Waals surface area contributed by atoms with Crippen molar-refractivity contribution in [1.82, 2.24) is 0 Å². The van der Waals surface area contributed by atoms with Crippen LogP contribution >= 0.6 is 0 Å². The Labute approximate surface area is 168 Å². The molecule has 154 valence electrons. The molecule has 4 aliphatic carbocycles. The number of hydrogen-bond donors (Lipinski definition) is 0. The van der Waals surface area contributed by atoms with Gasteiger partial charge < -0.3 is 9.47 Å². The SMILES string of the molecule is C=C1C=C2C[C@@]3(C1=O)C2[C@@]1(CCCC)C(=O)OCC[C@@H]1C[C@H]3OC(=O)CN=[N+]=[N-]. The van der Waals surface area contributed by atoms with Crippen molar-refractivity contribution < 1.29 is 23.9 Å². The standard InChI is InChI=1S/C21H25N3O5/c1-3-4-6-20-14(5-7-28-19(20)27)9-15(29-16(25)11-23-24-22)21-10-13(17(20)21)8-12(2)18(21)26/h8,14-15,17H,2-7,9-11H2,1H3/t14-,15-,17?,20+,21+/m1/s1. The normalized spacial score (nSPS) is 37.2. The Morgan fingerprint density at radius 1 is 1.48 bits per heavy atom. The number of ketones is 1. The number of fused-ring (bicyclic) bond motifs is 3. The zero-order chi connectivity index (χ0) is 20.8. The molecule has 1 spiro atoms. The molecule has 8 heteroatoms. The van der Waals surface area contributed by atoms with Crippen LogP contribution in [0.4, 0.5) is 0 Å². The number of nitrogens with zero attached hydrogens (tertiary/aromatic N) is 3. The predicted octanol–water partition coefficient (Wildman–Crippen LogP) is 3.42. The van der Waals surface area contributed by atoms with E-state index >= 15 is 0 Å². The maximum absolute atomic E-state index is 13.4. The molecule has 2 bridgehead atoms. The van der Waals surface area contributed by atoms with Crippen molar-refractivity contribution in [3.8, 4) is 0 Å². The van der Waals surface area contributed by atoms with E-state index in [-0.39, 0.29) is 23.6 Å². The lowest BCUT2D eigenvalue weighted by molar-refractivity contribution is -0.222. The molecule has 5 rings (SSSR count). The van der Waals surface area contributed by atoms with E-state index in [9.17, 15) is 14.4 Å². The second-order valence-electron chi connectivity index (χ2n) is 8.59. The van der Waals surface area contributed by atoms with E-state index in [1.165, 1.54) is 0 Å². The smallest absolute Gasteiger partial charge is 0.313 e. The fourth-order valence-electron chi connectivity index (χ4n) is 6.27. The predicted molar refractivity (Wildman–Crippen MR) is 102 cm³/mol. The van der Waals surface area contributed by atoms with Crippen molar-refractivity contribution in [2.45, 2.75) is 51.6 Å². The molecule has 0 aromatic carbocycles. The monoisotopic (exact) mass is 399 g/mol. The third-order valence-corrected chi connectivity index (χ3v) is 7.33. The first-order chi connectivity index (χ1) is 13.9. The number of esters is 2. The molecule has 2 saturated carbocycles. The van der Waals surface area contributed by atoms with Gasteiger partial charge in [0.2, 0.25) is 0 Å². The lowest BCUT2D eigenvalue weighted by Gasteiger charge is -2.67. The Morgan fingerprint density at radius 3 is 3.00 bits per heavy atom.